The summed E-state index contributed by atoms with van der Waals surface area (Å²) in [5, 5.41) is 3.56. The molecule has 98 valence electrons. The van der Waals surface area contributed by atoms with E-state index in [1.807, 2.05) is 7.05 Å². The molecule has 3 nitrogen and oxygen atoms in total. The van der Waals surface area contributed by atoms with Crippen LogP contribution in [0.3, 0.4) is 0 Å². The Labute approximate surface area is 121 Å². The van der Waals surface area contributed by atoms with Gasteiger partial charge in [-0.15, -0.1) is 24.0 Å². The van der Waals surface area contributed by atoms with Gasteiger partial charge in [0.1, 0.15) is 0 Å². The van der Waals surface area contributed by atoms with E-state index >= 15 is 0 Å². The third-order valence-corrected chi connectivity index (χ3v) is 4.52. The lowest BCUT2D eigenvalue weighted by Gasteiger charge is -2.25. The highest BCUT2D eigenvalue weighted by Crippen LogP contribution is 2.45. The molecule has 1 saturated heterocycles. The largest absolute Gasteiger partial charge is 0.354 e. The summed E-state index contributed by atoms with van der Waals surface area (Å²) in [4.78, 5) is 6.93. The summed E-state index contributed by atoms with van der Waals surface area (Å²) in [7, 11) is 1.92. The van der Waals surface area contributed by atoms with Crippen LogP contribution in [0.1, 0.15) is 44.9 Å². The van der Waals surface area contributed by atoms with E-state index in [-0.39, 0.29) is 24.0 Å². The standard InChI is InChI=1S/C13H23N3.HI/c1-14-12(15-11-4-5-11)16-9-8-13(10-16)6-2-3-7-13;/h11H,2-10H2,1H3,(H,14,15);1H. The van der Waals surface area contributed by atoms with Crippen LogP contribution < -0.4 is 5.32 Å². The number of hydrogen-bond acceptors (Lipinski definition) is 1. The average molecular weight is 349 g/mol. The molecule has 2 saturated carbocycles. The van der Waals surface area contributed by atoms with Crippen LogP contribution in [0.25, 0.3) is 0 Å². The van der Waals surface area contributed by atoms with Crippen LogP contribution in [0.4, 0.5) is 0 Å². The molecule has 0 amide bonds. The predicted octanol–water partition coefficient (Wildman–Crippen LogP) is 2.61. The van der Waals surface area contributed by atoms with E-state index < -0.39 is 0 Å². The maximum absolute atomic E-state index is 4.44. The second-order valence-corrected chi connectivity index (χ2v) is 5.84. The van der Waals surface area contributed by atoms with Gasteiger partial charge in [0.25, 0.3) is 0 Å². The van der Waals surface area contributed by atoms with Crippen molar-refractivity contribution in [2.45, 2.75) is 51.0 Å². The van der Waals surface area contributed by atoms with E-state index in [4.69, 9.17) is 0 Å². The van der Waals surface area contributed by atoms with Gasteiger partial charge in [0, 0.05) is 26.2 Å². The van der Waals surface area contributed by atoms with Crippen molar-refractivity contribution in [1.29, 1.82) is 0 Å². The molecular formula is C13H24IN3. The van der Waals surface area contributed by atoms with E-state index in [0.29, 0.717) is 5.41 Å². The molecule has 0 aromatic rings. The number of halogens is 1. The van der Waals surface area contributed by atoms with Gasteiger partial charge in [-0.3, -0.25) is 4.99 Å². The van der Waals surface area contributed by atoms with E-state index in [2.05, 4.69) is 15.2 Å². The van der Waals surface area contributed by atoms with Crippen molar-refractivity contribution in [2.24, 2.45) is 10.4 Å². The van der Waals surface area contributed by atoms with Crippen molar-refractivity contribution in [3.63, 3.8) is 0 Å². The molecule has 0 unspecified atom stereocenters. The molecule has 1 spiro atoms. The molecule has 1 heterocycles. The third-order valence-electron chi connectivity index (χ3n) is 4.52. The molecule has 1 N–H and O–H groups in total. The summed E-state index contributed by atoms with van der Waals surface area (Å²) < 4.78 is 0. The van der Waals surface area contributed by atoms with Crippen LogP contribution in [-0.2, 0) is 0 Å². The third kappa shape index (κ3) is 2.88. The van der Waals surface area contributed by atoms with Crippen molar-refractivity contribution in [3.05, 3.63) is 0 Å². The lowest BCUT2D eigenvalue weighted by molar-refractivity contribution is 0.309. The van der Waals surface area contributed by atoms with Gasteiger partial charge in [0.2, 0.25) is 0 Å². The first-order chi connectivity index (χ1) is 7.81. The zero-order valence-electron chi connectivity index (χ0n) is 10.7. The minimum Gasteiger partial charge on any atom is -0.354 e. The molecule has 0 bridgehead atoms. The fourth-order valence-electron chi connectivity index (χ4n) is 3.36. The van der Waals surface area contributed by atoms with E-state index in [1.54, 1.807) is 0 Å². The lowest BCUT2D eigenvalue weighted by atomic mass is 9.86. The van der Waals surface area contributed by atoms with E-state index in [1.165, 1.54) is 58.0 Å². The molecule has 3 rings (SSSR count). The maximum Gasteiger partial charge on any atom is 0.193 e. The molecule has 2 aliphatic carbocycles. The lowest BCUT2D eigenvalue weighted by Crippen LogP contribution is -2.41. The van der Waals surface area contributed by atoms with Gasteiger partial charge in [0.15, 0.2) is 5.96 Å². The van der Waals surface area contributed by atoms with Crippen molar-refractivity contribution in [2.75, 3.05) is 20.1 Å². The minimum absolute atomic E-state index is 0. The fraction of sp³-hybridized carbons (Fsp3) is 0.923. The topological polar surface area (TPSA) is 27.6 Å². The Morgan fingerprint density at radius 1 is 1.24 bits per heavy atom. The van der Waals surface area contributed by atoms with Gasteiger partial charge in [-0.05, 0) is 37.5 Å². The summed E-state index contributed by atoms with van der Waals surface area (Å²) in [5.41, 5.74) is 0.654. The van der Waals surface area contributed by atoms with E-state index in [0.717, 1.165) is 12.0 Å². The van der Waals surface area contributed by atoms with Crippen molar-refractivity contribution < 1.29 is 0 Å². The number of nitrogens with one attached hydrogen (secondary N) is 1. The first-order valence-electron chi connectivity index (χ1n) is 6.80. The normalized spacial score (nSPS) is 27.4. The highest BCUT2D eigenvalue weighted by atomic mass is 127. The molecule has 1 aliphatic heterocycles. The quantitative estimate of drug-likeness (QED) is 0.448. The second kappa shape index (κ2) is 5.33. The van der Waals surface area contributed by atoms with Crippen LogP contribution >= 0.6 is 24.0 Å². The number of nitrogens with zero attached hydrogens (tertiary/aromatic N) is 2. The van der Waals surface area contributed by atoms with Crippen molar-refractivity contribution in [3.8, 4) is 0 Å². The first-order valence-corrected chi connectivity index (χ1v) is 6.80. The smallest absolute Gasteiger partial charge is 0.193 e. The van der Waals surface area contributed by atoms with E-state index in [9.17, 15) is 0 Å². The molecule has 17 heavy (non-hydrogen) atoms. The number of aliphatic imine (C=N–C) groups is 1. The SMILES string of the molecule is CN=C(NC1CC1)N1CCC2(CCCC2)C1.I. The number of hydrogen-bond donors (Lipinski definition) is 1. The van der Waals surface area contributed by atoms with Gasteiger partial charge >= 0.3 is 0 Å². The van der Waals surface area contributed by atoms with Gasteiger partial charge in [-0.25, -0.2) is 0 Å². The second-order valence-electron chi connectivity index (χ2n) is 5.84. The Hall–Kier alpha value is 0. The minimum atomic E-state index is 0. The predicted molar refractivity (Wildman–Crippen MR) is 82.0 cm³/mol. The zero-order chi connectivity index (χ0) is 11.0. The monoisotopic (exact) mass is 349 g/mol. The maximum atomic E-state index is 4.44. The van der Waals surface area contributed by atoms with Gasteiger partial charge in [-0.2, -0.15) is 0 Å². The van der Waals surface area contributed by atoms with Crippen LogP contribution in [0.2, 0.25) is 0 Å². The number of rotatable bonds is 1. The average Bonchev–Trinajstić information content (AvgIpc) is 2.86. The van der Waals surface area contributed by atoms with Crippen molar-refractivity contribution >= 4 is 29.9 Å². The Morgan fingerprint density at radius 3 is 2.53 bits per heavy atom. The summed E-state index contributed by atoms with van der Waals surface area (Å²) in [6, 6.07) is 0.721. The Kier molecular flexibility index (Phi) is 4.21. The van der Waals surface area contributed by atoms with Crippen molar-refractivity contribution in [1.82, 2.24) is 10.2 Å². The van der Waals surface area contributed by atoms with Crippen LogP contribution in [0.15, 0.2) is 4.99 Å². The highest BCUT2D eigenvalue weighted by molar-refractivity contribution is 14.0. The fourth-order valence-corrected chi connectivity index (χ4v) is 3.36. The summed E-state index contributed by atoms with van der Waals surface area (Å²) in [5.74, 6) is 1.16. The molecule has 0 aromatic carbocycles. The molecule has 0 radical (unpaired) electrons. The molecule has 3 aliphatic rings. The van der Waals surface area contributed by atoms with Crippen LogP contribution in [0.5, 0.6) is 0 Å². The van der Waals surface area contributed by atoms with Gasteiger partial charge < -0.3 is 10.2 Å². The van der Waals surface area contributed by atoms with Gasteiger partial charge in [0.05, 0.1) is 0 Å². The zero-order valence-corrected chi connectivity index (χ0v) is 13.1. The van der Waals surface area contributed by atoms with Crippen LogP contribution in [0, 0.1) is 5.41 Å². The molecule has 4 heteroatoms. The summed E-state index contributed by atoms with van der Waals surface area (Å²) >= 11 is 0. The van der Waals surface area contributed by atoms with Gasteiger partial charge in [-0.1, -0.05) is 12.8 Å². The Morgan fingerprint density at radius 2 is 1.94 bits per heavy atom. The summed E-state index contributed by atoms with van der Waals surface area (Å²) in [6.07, 6.45) is 9.84. The van der Waals surface area contributed by atoms with Crippen LogP contribution in [-0.4, -0.2) is 37.0 Å². The Bertz CT molecular complexity index is 293. The molecule has 0 atom stereocenters. The summed E-state index contributed by atoms with van der Waals surface area (Å²) in [6.45, 7) is 2.46. The number of likely N-dealkylation sites (tertiary alicyclic amines) is 1. The Balaban J connectivity index is 0.00000108. The number of guanidine groups is 1. The molecule has 3 fully saturated rings. The molecule has 0 aromatic heterocycles. The highest BCUT2D eigenvalue weighted by Gasteiger charge is 2.41. The molecular weight excluding hydrogens is 325 g/mol. The first kappa shape index (κ1) is 13.4.